The first-order valence-corrected chi connectivity index (χ1v) is 12.5. The molecule has 8 heteroatoms. The van der Waals surface area contributed by atoms with Gasteiger partial charge in [0.1, 0.15) is 5.82 Å². The molecule has 7 nitrogen and oxygen atoms in total. The van der Waals surface area contributed by atoms with E-state index in [9.17, 15) is 13.2 Å². The molecule has 1 N–H and O–H groups in total. The van der Waals surface area contributed by atoms with E-state index in [0.29, 0.717) is 17.1 Å². The van der Waals surface area contributed by atoms with Gasteiger partial charge in [-0.05, 0) is 62.1 Å². The normalized spacial score (nSPS) is 17.8. The highest BCUT2D eigenvalue weighted by atomic mass is 32.2. The lowest BCUT2D eigenvalue weighted by molar-refractivity contribution is 0.102. The Morgan fingerprint density at radius 2 is 1.71 bits per heavy atom. The molecule has 0 atom stereocenters. The van der Waals surface area contributed by atoms with Gasteiger partial charge < -0.3 is 10.2 Å². The van der Waals surface area contributed by atoms with E-state index < -0.39 is 10.0 Å². The van der Waals surface area contributed by atoms with Crippen LogP contribution in [0.5, 0.6) is 0 Å². The van der Waals surface area contributed by atoms with Crippen LogP contribution in [-0.2, 0) is 10.0 Å². The summed E-state index contributed by atoms with van der Waals surface area (Å²) in [6.45, 7) is 1.80. The highest BCUT2D eigenvalue weighted by Gasteiger charge is 2.29. The average Bonchev–Trinajstić information content (AvgIpc) is 3.34. The average molecular weight is 443 g/mol. The summed E-state index contributed by atoms with van der Waals surface area (Å²) in [6, 6.07) is 10.0. The number of sulfonamides is 1. The molecule has 1 aliphatic heterocycles. The van der Waals surface area contributed by atoms with Crippen LogP contribution in [0.1, 0.15) is 55.3 Å². The minimum absolute atomic E-state index is 0.0627. The number of nitrogens with one attached hydrogen (secondary N) is 1. The minimum Gasteiger partial charge on any atom is -0.356 e. The Morgan fingerprint density at radius 1 is 1.03 bits per heavy atom. The van der Waals surface area contributed by atoms with E-state index in [2.05, 4.69) is 15.2 Å². The Hall–Kier alpha value is -2.45. The van der Waals surface area contributed by atoms with Crippen molar-refractivity contribution in [3.63, 3.8) is 0 Å². The van der Waals surface area contributed by atoms with Gasteiger partial charge in [-0.15, -0.1) is 0 Å². The molecular weight excluding hydrogens is 412 g/mol. The summed E-state index contributed by atoms with van der Waals surface area (Å²) < 4.78 is 27.5. The maximum Gasteiger partial charge on any atom is 0.259 e. The molecule has 1 aromatic carbocycles. The van der Waals surface area contributed by atoms with Crippen molar-refractivity contribution in [1.82, 2.24) is 9.29 Å². The van der Waals surface area contributed by atoms with Crippen LogP contribution >= 0.6 is 0 Å². The number of aromatic nitrogens is 1. The van der Waals surface area contributed by atoms with E-state index in [0.717, 1.165) is 51.6 Å². The molecule has 2 aliphatic rings. The van der Waals surface area contributed by atoms with Crippen molar-refractivity contribution in [2.24, 2.45) is 0 Å². The summed E-state index contributed by atoms with van der Waals surface area (Å²) in [5.74, 6) is 0.454. The van der Waals surface area contributed by atoms with Crippen molar-refractivity contribution in [3.05, 3.63) is 48.2 Å². The first-order chi connectivity index (χ1) is 15.0. The van der Waals surface area contributed by atoms with Crippen molar-refractivity contribution in [1.29, 1.82) is 0 Å². The fourth-order valence-corrected chi connectivity index (χ4v) is 5.89. The van der Waals surface area contributed by atoms with Gasteiger partial charge in [0.15, 0.2) is 0 Å². The van der Waals surface area contributed by atoms with E-state index in [1.165, 1.54) is 10.7 Å². The standard InChI is InChI=1S/C23H30N4O3S/c1-26(19-8-3-2-4-9-19)31(29,30)20-13-11-18(12-14-20)25-23(28)21-10-7-15-24-22(21)27-16-5-6-17-27/h7,10-15,19H,2-6,8-9,16-17H2,1H3,(H,25,28). The van der Waals surface area contributed by atoms with E-state index in [1.54, 1.807) is 49.6 Å². The van der Waals surface area contributed by atoms with Crippen LogP contribution in [0.4, 0.5) is 11.5 Å². The van der Waals surface area contributed by atoms with Crippen molar-refractivity contribution >= 4 is 27.4 Å². The molecule has 0 bridgehead atoms. The van der Waals surface area contributed by atoms with Gasteiger partial charge in [-0.1, -0.05) is 19.3 Å². The lowest BCUT2D eigenvalue weighted by Crippen LogP contribution is -2.38. The fraction of sp³-hybridized carbons (Fsp3) is 0.478. The summed E-state index contributed by atoms with van der Waals surface area (Å²) >= 11 is 0. The Bertz CT molecular complexity index is 1010. The lowest BCUT2D eigenvalue weighted by Gasteiger charge is -2.30. The topological polar surface area (TPSA) is 82.6 Å². The molecule has 0 spiro atoms. The largest absolute Gasteiger partial charge is 0.356 e. The highest BCUT2D eigenvalue weighted by molar-refractivity contribution is 7.89. The summed E-state index contributed by atoms with van der Waals surface area (Å²) in [7, 11) is -1.88. The molecule has 2 heterocycles. The number of carbonyl (C=O) groups excluding carboxylic acids is 1. The number of hydrogen-bond acceptors (Lipinski definition) is 5. The second-order valence-electron chi connectivity index (χ2n) is 8.36. The third-order valence-corrected chi connectivity index (χ3v) is 8.24. The fourth-order valence-electron chi connectivity index (χ4n) is 4.47. The number of anilines is 2. The van der Waals surface area contributed by atoms with Crippen molar-refractivity contribution < 1.29 is 13.2 Å². The van der Waals surface area contributed by atoms with Crippen LogP contribution < -0.4 is 10.2 Å². The zero-order chi connectivity index (χ0) is 21.8. The van der Waals surface area contributed by atoms with Crippen molar-refractivity contribution in [2.75, 3.05) is 30.4 Å². The molecule has 31 heavy (non-hydrogen) atoms. The number of amides is 1. The van der Waals surface area contributed by atoms with Crippen LogP contribution in [0.3, 0.4) is 0 Å². The Balaban J connectivity index is 1.47. The second-order valence-corrected chi connectivity index (χ2v) is 10.4. The zero-order valence-corrected chi connectivity index (χ0v) is 18.8. The van der Waals surface area contributed by atoms with Gasteiger partial charge in [0.25, 0.3) is 5.91 Å². The molecule has 2 fully saturated rings. The molecule has 1 aliphatic carbocycles. The zero-order valence-electron chi connectivity index (χ0n) is 18.0. The summed E-state index contributed by atoms with van der Waals surface area (Å²) in [5, 5.41) is 2.88. The van der Waals surface area contributed by atoms with Crippen molar-refractivity contribution in [3.8, 4) is 0 Å². The number of hydrogen-bond donors (Lipinski definition) is 1. The molecule has 4 rings (SSSR count). The van der Waals surface area contributed by atoms with Crippen LogP contribution in [0.25, 0.3) is 0 Å². The second kappa shape index (κ2) is 9.36. The SMILES string of the molecule is CN(C1CCCCC1)S(=O)(=O)c1ccc(NC(=O)c2cccnc2N2CCCC2)cc1. The number of carbonyl (C=O) groups is 1. The molecule has 1 amide bonds. The van der Waals surface area contributed by atoms with Crippen LogP contribution in [-0.4, -0.2) is 49.8 Å². The number of rotatable bonds is 6. The third kappa shape index (κ3) is 4.75. The van der Waals surface area contributed by atoms with Crippen LogP contribution in [0.2, 0.25) is 0 Å². The third-order valence-electron chi connectivity index (χ3n) is 6.31. The lowest BCUT2D eigenvalue weighted by atomic mass is 9.96. The van der Waals surface area contributed by atoms with Gasteiger partial charge in [-0.25, -0.2) is 13.4 Å². The summed E-state index contributed by atoms with van der Waals surface area (Å²) in [4.78, 5) is 19.7. The quantitative estimate of drug-likeness (QED) is 0.734. The van der Waals surface area contributed by atoms with Gasteiger partial charge in [-0.2, -0.15) is 4.31 Å². The molecule has 2 aromatic rings. The van der Waals surface area contributed by atoms with Gasteiger partial charge in [0.2, 0.25) is 10.0 Å². The monoisotopic (exact) mass is 442 g/mol. The molecular formula is C23H30N4O3S. The van der Waals surface area contributed by atoms with Gasteiger partial charge in [0.05, 0.1) is 10.5 Å². The predicted molar refractivity (Wildman–Crippen MR) is 122 cm³/mol. The summed E-state index contributed by atoms with van der Waals surface area (Å²) in [6.07, 6.45) is 9.04. The number of benzene rings is 1. The first-order valence-electron chi connectivity index (χ1n) is 11.1. The van der Waals surface area contributed by atoms with E-state index in [-0.39, 0.29) is 16.8 Å². The van der Waals surface area contributed by atoms with E-state index in [1.807, 2.05) is 0 Å². The van der Waals surface area contributed by atoms with Gasteiger partial charge in [-0.3, -0.25) is 4.79 Å². The van der Waals surface area contributed by atoms with E-state index in [4.69, 9.17) is 0 Å². The maximum absolute atomic E-state index is 13.0. The van der Waals surface area contributed by atoms with Crippen molar-refractivity contribution in [2.45, 2.75) is 55.9 Å². The van der Waals surface area contributed by atoms with Crippen LogP contribution in [0.15, 0.2) is 47.5 Å². The Kier molecular flexibility index (Phi) is 6.57. The minimum atomic E-state index is -3.55. The van der Waals surface area contributed by atoms with Gasteiger partial charge in [0, 0.05) is 38.1 Å². The molecule has 0 unspecified atom stereocenters. The predicted octanol–water partition coefficient (Wildman–Crippen LogP) is 3.89. The maximum atomic E-state index is 13.0. The smallest absolute Gasteiger partial charge is 0.259 e. The Morgan fingerprint density at radius 3 is 2.39 bits per heavy atom. The molecule has 1 saturated carbocycles. The van der Waals surface area contributed by atoms with Crippen LogP contribution in [0, 0.1) is 0 Å². The molecule has 0 radical (unpaired) electrons. The number of pyridine rings is 1. The summed E-state index contributed by atoms with van der Waals surface area (Å²) in [5.41, 5.74) is 1.08. The number of nitrogens with zero attached hydrogens (tertiary/aromatic N) is 3. The molecule has 166 valence electrons. The molecule has 1 aromatic heterocycles. The highest BCUT2D eigenvalue weighted by Crippen LogP contribution is 2.27. The first kappa shape index (κ1) is 21.8. The Labute approximate surface area is 184 Å². The molecule has 1 saturated heterocycles. The van der Waals surface area contributed by atoms with Gasteiger partial charge >= 0.3 is 0 Å². The van der Waals surface area contributed by atoms with E-state index >= 15 is 0 Å².